The number of rotatable bonds is 3. The fourth-order valence-corrected chi connectivity index (χ4v) is 1.99. The second-order valence-electron chi connectivity index (χ2n) is 4.68. The third-order valence-corrected chi connectivity index (χ3v) is 2.92. The number of benzene rings is 1. The summed E-state index contributed by atoms with van der Waals surface area (Å²) >= 11 is 0. The van der Waals surface area contributed by atoms with Crippen LogP contribution in [0.5, 0.6) is 0 Å². The maximum Gasteiger partial charge on any atom is 0.231 e. The highest BCUT2D eigenvalue weighted by Crippen LogP contribution is 2.20. The molecule has 1 N–H and O–H groups in total. The van der Waals surface area contributed by atoms with Crippen LogP contribution in [-0.2, 0) is 11.2 Å². The summed E-state index contributed by atoms with van der Waals surface area (Å²) in [7, 11) is 0. The van der Waals surface area contributed by atoms with E-state index in [9.17, 15) is 4.79 Å². The van der Waals surface area contributed by atoms with Crippen LogP contribution in [0.15, 0.2) is 33.3 Å². The second-order valence-corrected chi connectivity index (χ2v) is 4.68. The highest BCUT2D eigenvalue weighted by molar-refractivity contribution is 5.94. The lowest BCUT2D eigenvalue weighted by atomic mass is 10.1. The van der Waals surface area contributed by atoms with Gasteiger partial charge in [0.25, 0.3) is 0 Å². The van der Waals surface area contributed by atoms with Crippen molar-refractivity contribution in [2.75, 3.05) is 5.32 Å². The number of anilines is 1. The zero-order chi connectivity index (χ0) is 14.1. The van der Waals surface area contributed by atoms with Crippen molar-refractivity contribution in [3.63, 3.8) is 0 Å². The molecule has 0 bridgehead atoms. The molecule has 2 heterocycles. The summed E-state index contributed by atoms with van der Waals surface area (Å²) in [6.07, 6.45) is 0.127. The molecular weight excluding hydrogens is 258 g/mol. The van der Waals surface area contributed by atoms with Crippen LogP contribution in [-0.4, -0.2) is 16.2 Å². The van der Waals surface area contributed by atoms with Crippen LogP contribution in [0.4, 0.5) is 5.82 Å². The van der Waals surface area contributed by atoms with E-state index >= 15 is 0 Å². The molecule has 2 aromatic heterocycles. The number of hydrogen-bond donors (Lipinski definition) is 1. The van der Waals surface area contributed by atoms with Gasteiger partial charge in [-0.2, -0.15) is 0 Å². The average Bonchev–Trinajstić information content (AvgIpc) is 2.97. The first-order chi connectivity index (χ1) is 9.61. The van der Waals surface area contributed by atoms with Crippen molar-refractivity contribution in [1.29, 1.82) is 0 Å². The summed E-state index contributed by atoms with van der Waals surface area (Å²) in [5.74, 6) is 0.828. The van der Waals surface area contributed by atoms with E-state index in [1.54, 1.807) is 13.0 Å². The van der Waals surface area contributed by atoms with E-state index < -0.39 is 0 Å². The predicted molar refractivity (Wildman–Crippen MR) is 72.3 cm³/mol. The number of aryl methyl sites for hydroxylation is 2. The van der Waals surface area contributed by atoms with Gasteiger partial charge in [-0.05, 0) is 26.0 Å². The Labute approximate surface area is 114 Å². The first-order valence-electron chi connectivity index (χ1n) is 6.20. The predicted octanol–water partition coefficient (Wildman–Crippen LogP) is 2.61. The number of amides is 1. The Morgan fingerprint density at radius 3 is 2.80 bits per heavy atom. The van der Waals surface area contributed by atoms with Crippen LogP contribution >= 0.6 is 0 Å². The monoisotopic (exact) mass is 271 g/mol. The molecule has 3 rings (SSSR count). The van der Waals surface area contributed by atoms with Gasteiger partial charge in [-0.3, -0.25) is 4.79 Å². The van der Waals surface area contributed by atoms with Crippen molar-refractivity contribution in [3.05, 3.63) is 41.3 Å². The lowest BCUT2D eigenvalue weighted by Crippen LogP contribution is -2.14. The Morgan fingerprint density at radius 1 is 1.20 bits per heavy atom. The SMILES string of the molecule is Cc1ccc2onc(CC(=O)Nc3cc(C)on3)c2c1. The van der Waals surface area contributed by atoms with E-state index in [1.165, 1.54) is 0 Å². The van der Waals surface area contributed by atoms with Crippen LogP contribution in [0.2, 0.25) is 0 Å². The summed E-state index contributed by atoms with van der Waals surface area (Å²) in [6, 6.07) is 7.40. The van der Waals surface area contributed by atoms with Crippen LogP contribution < -0.4 is 5.32 Å². The van der Waals surface area contributed by atoms with Crippen LogP contribution in [0.1, 0.15) is 17.0 Å². The fraction of sp³-hybridized carbons (Fsp3) is 0.214. The van der Waals surface area contributed by atoms with Gasteiger partial charge in [-0.1, -0.05) is 21.9 Å². The summed E-state index contributed by atoms with van der Waals surface area (Å²) in [6.45, 7) is 3.74. The van der Waals surface area contributed by atoms with Gasteiger partial charge in [0.05, 0.1) is 6.42 Å². The molecule has 6 heteroatoms. The van der Waals surface area contributed by atoms with Gasteiger partial charge in [0.15, 0.2) is 11.4 Å². The summed E-state index contributed by atoms with van der Waals surface area (Å²) in [5.41, 5.74) is 2.38. The van der Waals surface area contributed by atoms with Crippen LogP contribution in [0, 0.1) is 13.8 Å². The maximum atomic E-state index is 11.9. The number of hydrogen-bond acceptors (Lipinski definition) is 5. The van der Waals surface area contributed by atoms with Crippen molar-refractivity contribution in [2.45, 2.75) is 20.3 Å². The summed E-state index contributed by atoms with van der Waals surface area (Å²) in [4.78, 5) is 11.9. The lowest BCUT2D eigenvalue weighted by Gasteiger charge is -1.99. The molecule has 1 amide bonds. The Balaban J connectivity index is 1.79. The smallest absolute Gasteiger partial charge is 0.231 e. The molecule has 0 aliphatic heterocycles. The van der Waals surface area contributed by atoms with Crippen LogP contribution in [0.3, 0.4) is 0 Å². The largest absolute Gasteiger partial charge is 0.360 e. The highest BCUT2D eigenvalue weighted by Gasteiger charge is 2.13. The molecule has 102 valence electrons. The quantitative estimate of drug-likeness (QED) is 0.791. The molecule has 0 spiro atoms. The summed E-state index contributed by atoms with van der Waals surface area (Å²) < 4.78 is 10.1. The molecular formula is C14H13N3O3. The molecule has 20 heavy (non-hydrogen) atoms. The first-order valence-corrected chi connectivity index (χ1v) is 6.20. The van der Waals surface area contributed by atoms with Gasteiger partial charge < -0.3 is 14.4 Å². The van der Waals surface area contributed by atoms with E-state index in [0.717, 1.165) is 10.9 Å². The number of fused-ring (bicyclic) bond motifs is 1. The number of nitrogens with zero attached hydrogens (tertiary/aromatic N) is 2. The van der Waals surface area contributed by atoms with E-state index in [4.69, 9.17) is 9.05 Å². The van der Waals surface area contributed by atoms with Gasteiger partial charge in [-0.25, -0.2) is 0 Å². The van der Waals surface area contributed by atoms with E-state index in [1.807, 2.05) is 25.1 Å². The number of nitrogens with one attached hydrogen (secondary N) is 1. The van der Waals surface area contributed by atoms with E-state index in [2.05, 4.69) is 15.6 Å². The molecule has 0 saturated heterocycles. The van der Waals surface area contributed by atoms with Gasteiger partial charge in [0, 0.05) is 11.5 Å². The molecule has 0 radical (unpaired) electrons. The number of carbonyl (C=O) groups excluding carboxylic acids is 1. The van der Waals surface area contributed by atoms with Crippen molar-refractivity contribution in [2.24, 2.45) is 0 Å². The zero-order valence-corrected chi connectivity index (χ0v) is 11.1. The topological polar surface area (TPSA) is 81.2 Å². The third-order valence-electron chi connectivity index (χ3n) is 2.92. The van der Waals surface area contributed by atoms with E-state index in [-0.39, 0.29) is 12.3 Å². The standard InChI is InChI=1S/C14H13N3O3/c1-8-3-4-12-10(5-8)11(16-20-12)7-14(18)15-13-6-9(2)19-17-13/h3-6H,7H2,1-2H3,(H,15,17,18). The summed E-state index contributed by atoms with van der Waals surface area (Å²) in [5, 5.41) is 11.2. The number of carbonyl (C=O) groups is 1. The minimum Gasteiger partial charge on any atom is -0.360 e. The minimum absolute atomic E-state index is 0.127. The first kappa shape index (κ1) is 12.4. The van der Waals surface area contributed by atoms with Crippen molar-refractivity contribution >= 4 is 22.7 Å². The molecule has 0 aliphatic rings. The molecule has 1 aromatic carbocycles. The van der Waals surface area contributed by atoms with Crippen LogP contribution in [0.25, 0.3) is 11.0 Å². The molecule has 0 fully saturated rings. The highest BCUT2D eigenvalue weighted by atomic mass is 16.5. The minimum atomic E-state index is -0.213. The zero-order valence-electron chi connectivity index (χ0n) is 11.1. The lowest BCUT2D eigenvalue weighted by molar-refractivity contribution is -0.115. The van der Waals surface area contributed by atoms with E-state index in [0.29, 0.717) is 22.9 Å². The maximum absolute atomic E-state index is 11.9. The molecule has 3 aromatic rings. The molecule has 6 nitrogen and oxygen atoms in total. The number of aromatic nitrogens is 2. The third kappa shape index (κ3) is 2.40. The van der Waals surface area contributed by atoms with Gasteiger partial charge in [0.2, 0.25) is 5.91 Å². The fourth-order valence-electron chi connectivity index (χ4n) is 1.99. The molecule has 0 atom stereocenters. The van der Waals surface area contributed by atoms with Crippen molar-refractivity contribution in [3.8, 4) is 0 Å². The average molecular weight is 271 g/mol. The van der Waals surface area contributed by atoms with Crippen molar-refractivity contribution in [1.82, 2.24) is 10.3 Å². The van der Waals surface area contributed by atoms with Gasteiger partial charge in [-0.15, -0.1) is 0 Å². The Bertz CT molecular complexity index is 773. The Kier molecular flexibility index (Phi) is 2.98. The molecule has 0 aliphatic carbocycles. The Morgan fingerprint density at radius 2 is 2.05 bits per heavy atom. The molecule has 0 saturated carbocycles. The second kappa shape index (κ2) is 4.80. The van der Waals surface area contributed by atoms with Gasteiger partial charge >= 0.3 is 0 Å². The molecule has 0 unspecified atom stereocenters. The van der Waals surface area contributed by atoms with Crippen molar-refractivity contribution < 1.29 is 13.8 Å². The van der Waals surface area contributed by atoms with Gasteiger partial charge in [0.1, 0.15) is 11.5 Å². The Hall–Kier alpha value is -2.63. The normalized spacial score (nSPS) is 10.9.